The third-order valence-electron chi connectivity index (χ3n) is 6.16. The predicted octanol–water partition coefficient (Wildman–Crippen LogP) is 7.63. The van der Waals surface area contributed by atoms with Crippen molar-refractivity contribution in [2.75, 3.05) is 5.32 Å². The number of rotatable bonds is 8. The van der Waals surface area contributed by atoms with Crippen LogP contribution in [0.4, 0.5) is 9.52 Å². The van der Waals surface area contributed by atoms with E-state index in [1.165, 1.54) is 45.9 Å². The van der Waals surface area contributed by atoms with Crippen molar-refractivity contribution in [3.63, 3.8) is 0 Å². The van der Waals surface area contributed by atoms with Crippen LogP contribution in [-0.4, -0.2) is 25.9 Å². The maximum Gasteiger partial charge on any atom is 0.250 e. The van der Waals surface area contributed by atoms with E-state index < -0.39 is 0 Å². The second-order valence-corrected chi connectivity index (χ2v) is 11.0. The van der Waals surface area contributed by atoms with Gasteiger partial charge in [-0.15, -0.1) is 10.2 Å². The molecule has 196 valence electrons. The van der Waals surface area contributed by atoms with Crippen molar-refractivity contribution >= 4 is 51.0 Å². The van der Waals surface area contributed by atoms with Crippen LogP contribution in [0.15, 0.2) is 114 Å². The number of anilines is 1. The van der Waals surface area contributed by atoms with Gasteiger partial charge in [0.25, 0.3) is 0 Å². The fourth-order valence-electron chi connectivity index (χ4n) is 4.24. The standard InChI is InChI=1S/C31H22FN5OS2/c32-25-16-13-22(14-17-25)29-23(19-37(36-29)26-10-2-1-3-11-26)15-18-28(38)33-30-34-35-31(40-30)39-20-24-9-6-8-21-7-4-5-12-27(21)24/h1-19H,20H2,(H,33,34,38)/b18-15+. The summed E-state index contributed by atoms with van der Waals surface area (Å²) >= 11 is 2.92. The van der Waals surface area contributed by atoms with E-state index in [9.17, 15) is 9.18 Å². The number of fused-ring (bicyclic) bond motifs is 1. The SMILES string of the molecule is O=C(/C=C/c1cn(-c2ccccc2)nc1-c1ccc(F)cc1)Nc1nnc(SCc2cccc3ccccc23)s1. The predicted molar refractivity (Wildman–Crippen MR) is 160 cm³/mol. The molecule has 0 aliphatic heterocycles. The van der Waals surface area contributed by atoms with Gasteiger partial charge in [-0.05, 0) is 58.8 Å². The minimum absolute atomic E-state index is 0.325. The van der Waals surface area contributed by atoms with Crippen molar-refractivity contribution < 1.29 is 9.18 Å². The quantitative estimate of drug-likeness (QED) is 0.117. The Kier molecular flexibility index (Phi) is 7.47. The highest BCUT2D eigenvalue weighted by atomic mass is 32.2. The van der Waals surface area contributed by atoms with E-state index in [0.717, 1.165) is 21.3 Å². The van der Waals surface area contributed by atoms with Crippen LogP contribution in [0.3, 0.4) is 0 Å². The van der Waals surface area contributed by atoms with Crippen LogP contribution in [-0.2, 0) is 10.5 Å². The number of aromatic nitrogens is 4. The monoisotopic (exact) mass is 563 g/mol. The van der Waals surface area contributed by atoms with Gasteiger partial charge in [-0.2, -0.15) is 5.10 Å². The molecule has 0 spiro atoms. The number of carbonyl (C=O) groups excluding carboxylic acids is 1. The molecular formula is C31H22FN5OS2. The summed E-state index contributed by atoms with van der Waals surface area (Å²) in [7, 11) is 0. The summed E-state index contributed by atoms with van der Waals surface area (Å²) in [5, 5.41) is 18.7. The van der Waals surface area contributed by atoms with Crippen LogP contribution in [0.25, 0.3) is 33.8 Å². The Morgan fingerprint density at radius 3 is 2.55 bits per heavy atom. The van der Waals surface area contributed by atoms with Gasteiger partial charge in [0.1, 0.15) is 5.82 Å². The summed E-state index contributed by atoms with van der Waals surface area (Å²) < 4.78 is 16.0. The Labute approximate surface area is 238 Å². The molecule has 2 aromatic heterocycles. The Morgan fingerprint density at radius 1 is 0.925 bits per heavy atom. The van der Waals surface area contributed by atoms with Crippen molar-refractivity contribution in [3.05, 3.63) is 126 Å². The normalized spacial score (nSPS) is 11.3. The van der Waals surface area contributed by atoms with Crippen molar-refractivity contribution in [2.45, 2.75) is 10.1 Å². The van der Waals surface area contributed by atoms with Gasteiger partial charge in [0.15, 0.2) is 4.34 Å². The number of halogens is 1. The molecule has 0 aliphatic rings. The summed E-state index contributed by atoms with van der Waals surface area (Å²) in [6, 6.07) is 30.3. The second-order valence-electron chi connectivity index (χ2n) is 8.84. The zero-order valence-electron chi connectivity index (χ0n) is 21.1. The van der Waals surface area contributed by atoms with Crippen molar-refractivity contribution in [3.8, 4) is 16.9 Å². The smallest absolute Gasteiger partial charge is 0.250 e. The first-order chi connectivity index (χ1) is 19.6. The highest BCUT2D eigenvalue weighted by Crippen LogP contribution is 2.31. The highest BCUT2D eigenvalue weighted by Gasteiger charge is 2.12. The third-order valence-corrected chi connectivity index (χ3v) is 8.18. The largest absolute Gasteiger partial charge is 0.297 e. The summed E-state index contributed by atoms with van der Waals surface area (Å²) in [5.74, 6) is 0.0928. The lowest BCUT2D eigenvalue weighted by atomic mass is 10.1. The molecule has 1 amide bonds. The lowest BCUT2D eigenvalue weighted by molar-refractivity contribution is -0.111. The number of nitrogens with zero attached hydrogens (tertiary/aromatic N) is 4. The molecule has 0 radical (unpaired) electrons. The number of hydrogen-bond donors (Lipinski definition) is 1. The van der Waals surface area contributed by atoms with Crippen LogP contribution in [0.1, 0.15) is 11.1 Å². The molecule has 0 fully saturated rings. The fourth-order valence-corrected chi connectivity index (χ4v) is 6.00. The average molecular weight is 564 g/mol. The first-order valence-corrected chi connectivity index (χ1v) is 14.3. The van der Waals surface area contributed by atoms with E-state index >= 15 is 0 Å². The maximum atomic E-state index is 13.5. The van der Waals surface area contributed by atoms with Crippen molar-refractivity contribution in [1.29, 1.82) is 0 Å². The molecule has 9 heteroatoms. The molecule has 40 heavy (non-hydrogen) atoms. The summed E-state index contributed by atoms with van der Waals surface area (Å²) in [4.78, 5) is 12.7. The molecule has 4 aromatic carbocycles. The van der Waals surface area contributed by atoms with E-state index in [1.807, 2.05) is 48.7 Å². The topological polar surface area (TPSA) is 72.7 Å². The number of nitrogens with one attached hydrogen (secondary N) is 1. The molecule has 2 heterocycles. The number of para-hydroxylation sites is 1. The Morgan fingerprint density at radius 2 is 1.70 bits per heavy atom. The van der Waals surface area contributed by atoms with Gasteiger partial charge in [0.2, 0.25) is 11.0 Å². The van der Waals surface area contributed by atoms with Gasteiger partial charge in [-0.25, -0.2) is 9.07 Å². The van der Waals surface area contributed by atoms with Gasteiger partial charge in [0, 0.05) is 29.2 Å². The lowest BCUT2D eigenvalue weighted by Gasteiger charge is -2.04. The number of benzene rings is 4. The molecule has 1 N–H and O–H groups in total. The molecular weight excluding hydrogens is 542 g/mol. The van der Waals surface area contributed by atoms with Gasteiger partial charge < -0.3 is 0 Å². The molecule has 0 bridgehead atoms. The number of amides is 1. The van der Waals surface area contributed by atoms with Crippen LogP contribution in [0.2, 0.25) is 0 Å². The van der Waals surface area contributed by atoms with Crippen LogP contribution < -0.4 is 5.32 Å². The van der Waals surface area contributed by atoms with Gasteiger partial charge in [0.05, 0.1) is 11.4 Å². The number of carbonyl (C=O) groups is 1. The van der Waals surface area contributed by atoms with Crippen LogP contribution >= 0.6 is 23.1 Å². The maximum absolute atomic E-state index is 13.5. The van der Waals surface area contributed by atoms with Crippen molar-refractivity contribution in [1.82, 2.24) is 20.0 Å². The van der Waals surface area contributed by atoms with E-state index in [2.05, 4.69) is 45.8 Å². The number of hydrogen-bond acceptors (Lipinski definition) is 6. The van der Waals surface area contributed by atoms with Crippen molar-refractivity contribution in [2.24, 2.45) is 0 Å². The zero-order valence-corrected chi connectivity index (χ0v) is 22.7. The summed E-state index contributed by atoms with van der Waals surface area (Å²) in [6.45, 7) is 0. The van der Waals surface area contributed by atoms with Gasteiger partial charge in [-0.1, -0.05) is 83.8 Å². The Hall–Kier alpha value is -4.60. The molecule has 0 unspecified atom stereocenters. The molecule has 6 aromatic rings. The fraction of sp³-hybridized carbons (Fsp3) is 0.0323. The minimum Gasteiger partial charge on any atom is -0.297 e. The van der Waals surface area contributed by atoms with Gasteiger partial charge >= 0.3 is 0 Å². The second kappa shape index (κ2) is 11.6. The van der Waals surface area contributed by atoms with Crippen LogP contribution in [0, 0.1) is 5.82 Å². The van der Waals surface area contributed by atoms with E-state index in [4.69, 9.17) is 5.10 Å². The zero-order chi connectivity index (χ0) is 27.3. The highest BCUT2D eigenvalue weighted by molar-refractivity contribution is 8.00. The molecule has 0 saturated heterocycles. The molecule has 0 saturated carbocycles. The number of thioether (sulfide) groups is 1. The summed E-state index contributed by atoms with van der Waals surface area (Å²) in [5.41, 5.74) is 4.19. The molecule has 6 nitrogen and oxygen atoms in total. The average Bonchev–Trinajstić information content (AvgIpc) is 3.63. The summed E-state index contributed by atoms with van der Waals surface area (Å²) in [6.07, 6.45) is 4.96. The van der Waals surface area contributed by atoms with E-state index in [-0.39, 0.29) is 11.7 Å². The third kappa shape index (κ3) is 5.85. The van der Waals surface area contributed by atoms with Crippen LogP contribution in [0.5, 0.6) is 0 Å². The molecule has 6 rings (SSSR count). The Balaban J connectivity index is 1.15. The van der Waals surface area contributed by atoms with Gasteiger partial charge in [-0.3, -0.25) is 10.1 Å². The molecule has 0 aliphatic carbocycles. The first-order valence-electron chi connectivity index (χ1n) is 12.5. The minimum atomic E-state index is -0.334. The van der Waals surface area contributed by atoms with E-state index in [0.29, 0.717) is 16.4 Å². The molecule has 0 atom stereocenters. The Bertz CT molecular complexity index is 1810. The lowest BCUT2D eigenvalue weighted by Crippen LogP contribution is -2.07. The van der Waals surface area contributed by atoms with E-state index in [1.54, 1.807) is 34.7 Å². The first kappa shape index (κ1) is 25.7.